The van der Waals surface area contributed by atoms with Gasteiger partial charge in [0.15, 0.2) is 0 Å². The highest BCUT2D eigenvalue weighted by Gasteiger charge is 2.13. The molecular formula is C18H23Cl. The molecule has 1 unspecified atom stereocenters. The lowest BCUT2D eigenvalue weighted by Gasteiger charge is -2.16. The fourth-order valence-corrected chi connectivity index (χ4v) is 3.16. The van der Waals surface area contributed by atoms with Crippen LogP contribution < -0.4 is 0 Å². The van der Waals surface area contributed by atoms with Gasteiger partial charge in [-0.15, -0.1) is 11.6 Å². The second kappa shape index (κ2) is 6.96. The number of halogens is 1. The quantitative estimate of drug-likeness (QED) is 0.422. The van der Waals surface area contributed by atoms with Crippen molar-refractivity contribution >= 4 is 22.4 Å². The van der Waals surface area contributed by atoms with Gasteiger partial charge in [0.05, 0.1) is 5.38 Å². The van der Waals surface area contributed by atoms with E-state index in [1.165, 1.54) is 47.6 Å². The maximum Gasteiger partial charge on any atom is 0.0593 e. The van der Waals surface area contributed by atoms with Crippen molar-refractivity contribution in [1.82, 2.24) is 0 Å². The van der Waals surface area contributed by atoms with Gasteiger partial charge in [-0.3, -0.25) is 0 Å². The Hall–Kier alpha value is -1.01. The lowest BCUT2D eigenvalue weighted by molar-refractivity contribution is 0.624. The summed E-state index contributed by atoms with van der Waals surface area (Å²) in [5.41, 5.74) is 2.64. The van der Waals surface area contributed by atoms with Crippen molar-refractivity contribution < 1.29 is 0 Å². The second-order valence-corrected chi connectivity index (χ2v) is 5.86. The van der Waals surface area contributed by atoms with E-state index in [0.717, 1.165) is 6.42 Å². The second-order valence-electron chi connectivity index (χ2n) is 5.33. The fraction of sp³-hybridized carbons (Fsp3) is 0.444. The predicted octanol–water partition coefficient (Wildman–Crippen LogP) is 6.40. The highest BCUT2D eigenvalue weighted by molar-refractivity contribution is 6.22. The number of unbranched alkanes of at least 4 members (excludes halogenated alkanes) is 3. The minimum atomic E-state index is 0.142. The lowest BCUT2D eigenvalue weighted by Crippen LogP contribution is -1.96. The molecule has 0 bridgehead atoms. The molecule has 0 nitrogen and oxygen atoms in total. The zero-order valence-electron chi connectivity index (χ0n) is 12.0. The summed E-state index contributed by atoms with van der Waals surface area (Å²) in [5.74, 6) is 0. The summed E-state index contributed by atoms with van der Waals surface area (Å²) in [7, 11) is 0. The van der Waals surface area contributed by atoms with E-state index >= 15 is 0 Å². The van der Waals surface area contributed by atoms with Crippen molar-refractivity contribution in [1.29, 1.82) is 0 Å². The first-order valence-corrected chi connectivity index (χ1v) is 7.80. The summed E-state index contributed by atoms with van der Waals surface area (Å²) >= 11 is 6.67. The summed E-state index contributed by atoms with van der Waals surface area (Å²) in [4.78, 5) is 0. The molecule has 0 saturated carbocycles. The Kier molecular flexibility index (Phi) is 5.27. The predicted molar refractivity (Wildman–Crippen MR) is 86.0 cm³/mol. The number of hydrogen-bond acceptors (Lipinski definition) is 0. The molecule has 2 aromatic carbocycles. The van der Waals surface area contributed by atoms with E-state index in [9.17, 15) is 0 Å². The number of benzene rings is 2. The number of hydrogen-bond donors (Lipinski definition) is 0. The van der Waals surface area contributed by atoms with Crippen molar-refractivity contribution in [2.75, 3.05) is 0 Å². The molecule has 0 aliphatic heterocycles. The van der Waals surface area contributed by atoms with E-state index in [1.807, 2.05) is 0 Å². The third-order valence-electron chi connectivity index (χ3n) is 3.81. The van der Waals surface area contributed by atoms with Crippen molar-refractivity contribution in [3.8, 4) is 0 Å². The zero-order chi connectivity index (χ0) is 13.7. The van der Waals surface area contributed by atoms with Gasteiger partial charge < -0.3 is 0 Å². The van der Waals surface area contributed by atoms with Gasteiger partial charge >= 0.3 is 0 Å². The smallest absolute Gasteiger partial charge is 0.0593 e. The number of rotatable bonds is 6. The van der Waals surface area contributed by atoms with Gasteiger partial charge in [0, 0.05) is 0 Å². The molecule has 0 N–H and O–H groups in total. The summed E-state index contributed by atoms with van der Waals surface area (Å²) in [6.07, 6.45) is 6.20. The van der Waals surface area contributed by atoms with Gasteiger partial charge in [0.25, 0.3) is 0 Å². The monoisotopic (exact) mass is 274 g/mol. The molecule has 0 fully saturated rings. The molecule has 0 aliphatic rings. The van der Waals surface area contributed by atoms with Crippen molar-refractivity contribution in [2.24, 2.45) is 0 Å². The van der Waals surface area contributed by atoms with Crippen LogP contribution in [0.25, 0.3) is 10.8 Å². The molecule has 1 heteroatoms. The summed E-state index contributed by atoms with van der Waals surface area (Å²) in [6.45, 7) is 4.41. The van der Waals surface area contributed by atoms with Crippen LogP contribution in [0, 0.1) is 6.92 Å². The summed E-state index contributed by atoms with van der Waals surface area (Å²) in [5, 5.41) is 2.75. The van der Waals surface area contributed by atoms with Crippen LogP contribution in [0.2, 0.25) is 0 Å². The van der Waals surface area contributed by atoms with E-state index in [-0.39, 0.29) is 5.38 Å². The van der Waals surface area contributed by atoms with Crippen LogP contribution >= 0.6 is 11.6 Å². The SMILES string of the molecule is CCCCCCC(Cl)c1c(C)ccc2ccccc12. The van der Waals surface area contributed by atoms with Crippen LogP contribution in [0.3, 0.4) is 0 Å². The van der Waals surface area contributed by atoms with Crippen LogP contribution in [-0.2, 0) is 0 Å². The van der Waals surface area contributed by atoms with Crippen molar-refractivity contribution in [3.05, 3.63) is 47.5 Å². The van der Waals surface area contributed by atoms with E-state index in [0.29, 0.717) is 0 Å². The molecule has 102 valence electrons. The van der Waals surface area contributed by atoms with Gasteiger partial charge in [-0.25, -0.2) is 0 Å². The Morgan fingerprint density at radius 1 is 1.00 bits per heavy atom. The Morgan fingerprint density at radius 3 is 2.58 bits per heavy atom. The fourth-order valence-electron chi connectivity index (χ4n) is 2.72. The standard InChI is InChI=1S/C18H23Cl/c1-3-4-5-6-11-17(19)18-14(2)12-13-15-9-7-8-10-16(15)18/h7-10,12-13,17H,3-6,11H2,1-2H3. The maximum absolute atomic E-state index is 6.67. The van der Waals surface area contributed by atoms with Crippen LogP contribution in [0.5, 0.6) is 0 Å². The Morgan fingerprint density at radius 2 is 1.79 bits per heavy atom. The third kappa shape index (κ3) is 3.51. The van der Waals surface area contributed by atoms with E-state index in [2.05, 4.69) is 50.2 Å². The summed E-state index contributed by atoms with van der Waals surface area (Å²) < 4.78 is 0. The van der Waals surface area contributed by atoms with Gasteiger partial charge in [0.1, 0.15) is 0 Å². The van der Waals surface area contributed by atoms with Crippen LogP contribution in [-0.4, -0.2) is 0 Å². The molecule has 19 heavy (non-hydrogen) atoms. The first-order valence-electron chi connectivity index (χ1n) is 7.36. The van der Waals surface area contributed by atoms with Crippen LogP contribution in [0.1, 0.15) is 55.5 Å². The highest BCUT2D eigenvalue weighted by Crippen LogP contribution is 2.34. The molecule has 0 saturated heterocycles. The Balaban J connectivity index is 2.20. The largest absolute Gasteiger partial charge is 0.118 e. The van der Waals surface area contributed by atoms with Gasteiger partial charge in [-0.2, -0.15) is 0 Å². The van der Waals surface area contributed by atoms with Gasteiger partial charge in [-0.1, -0.05) is 69.0 Å². The zero-order valence-corrected chi connectivity index (χ0v) is 12.7. The number of fused-ring (bicyclic) bond motifs is 1. The Bertz CT molecular complexity index is 530. The first kappa shape index (κ1) is 14.4. The molecule has 0 amide bonds. The van der Waals surface area contributed by atoms with Crippen molar-refractivity contribution in [3.63, 3.8) is 0 Å². The van der Waals surface area contributed by atoms with Crippen molar-refractivity contribution in [2.45, 2.75) is 51.3 Å². The van der Waals surface area contributed by atoms with E-state index < -0.39 is 0 Å². The molecule has 0 spiro atoms. The average Bonchev–Trinajstić information content (AvgIpc) is 2.43. The third-order valence-corrected chi connectivity index (χ3v) is 4.25. The molecular weight excluding hydrogens is 252 g/mol. The maximum atomic E-state index is 6.67. The van der Waals surface area contributed by atoms with Crippen LogP contribution in [0.15, 0.2) is 36.4 Å². The van der Waals surface area contributed by atoms with Crippen LogP contribution in [0.4, 0.5) is 0 Å². The molecule has 2 aromatic rings. The number of aryl methyl sites for hydroxylation is 1. The average molecular weight is 275 g/mol. The highest BCUT2D eigenvalue weighted by atomic mass is 35.5. The number of alkyl halides is 1. The molecule has 0 aromatic heterocycles. The lowest BCUT2D eigenvalue weighted by atomic mass is 9.95. The van der Waals surface area contributed by atoms with E-state index in [1.54, 1.807) is 0 Å². The normalized spacial score (nSPS) is 12.8. The molecule has 0 aliphatic carbocycles. The van der Waals surface area contributed by atoms with E-state index in [4.69, 9.17) is 11.6 Å². The first-order chi connectivity index (χ1) is 9.24. The Labute approximate surface area is 121 Å². The van der Waals surface area contributed by atoms with Gasteiger partial charge in [0.2, 0.25) is 0 Å². The molecule has 0 radical (unpaired) electrons. The summed E-state index contributed by atoms with van der Waals surface area (Å²) in [6, 6.07) is 12.9. The van der Waals surface area contributed by atoms with Gasteiger partial charge in [-0.05, 0) is 35.2 Å². The minimum Gasteiger partial charge on any atom is -0.118 e. The molecule has 2 rings (SSSR count). The minimum absolute atomic E-state index is 0.142. The topological polar surface area (TPSA) is 0 Å². The molecule has 1 atom stereocenters. The molecule has 0 heterocycles.